The Morgan fingerprint density at radius 3 is 2.41 bits per heavy atom. The lowest BCUT2D eigenvalue weighted by Crippen LogP contribution is -2.33. The quantitative estimate of drug-likeness (QED) is 0.683. The molecule has 146 valence electrons. The Bertz CT molecular complexity index is 874. The second-order valence-electron chi connectivity index (χ2n) is 6.04. The van der Waals surface area contributed by atoms with E-state index in [0.29, 0.717) is 6.07 Å². The average molecular weight is 396 g/mol. The molecule has 0 bridgehead atoms. The SMILES string of the molecule is CCCC(NC(=O)CCNS(=O)(=O)c1ccc(F)c(F)c1)c1ccccc1. The fourth-order valence-electron chi connectivity index (χ4n) is 2.59. The third kappa shape index (κ3) is 6.11. The molecule has 2 rings (SSSR count). The van der Waals surface area contributed by atoms with Crippen molar-refractivity contribution >= 4 is 15.9 Å². The Morgan fingerprint density at radius 2 is 1.78 bits per heavy atom. The smallest absolute Gasteiger partial charge is 0.240 e. The van der Waals surface area contributed by atoms with Crippen LogP contribution < -0.4 is 10.0 Å². The normalized spacial score (nSPS) is 12.6. The fourth-order valence-corrected chi connectivity index (χ4v) is 3.63. The van der Waals surface area contributed by atoms with Gasteiger partial charge in [0.15, 0.2) is 11.6 Å². The molecule has 1 atom stereocenters. The number of carbonyl (C=O) groups is 1. The van der Waals surface area contributed by atoms with Gasteiger partial charge in [-0.2, -0.15) is 0 Å². The lowest BCUT2D eigenvalue weighted by Gasteiger charge is -2.18. The van der Waals surface area contributed by atoms with Gasteiger partial charge in [0.2, 0.25) is 15.9 Å². The van der Waals surface area contributed by atoms with Crippen LogP contribution in [0.4, 0.5) is 8.78 Å². The van der Waals surface area contributed by atoms with Gasteiger partial charge < -0.3 is 5.32 Å². The van der Waals surface area contributed by atoms with Crippen molar-refractivity contribution in [3.63, 3.8) is 0 Å². The summed E-state index contributed by atoms with van der Waals surface area (Å²) in [5, 5.41) is 2.89. The number of nitrogens with one attached hydrogen (secondary N) is 2. The van der Waals surface area contributed by atoms with E-state index < -0.39 is 26.6 Å². The molecular formula is C19H22F2N2O3S. The number of sulfonamides is 1. The van der Waals surface area contributed by atoms with Gasteiger partial charge in [0.05, 0.1) is 10.9 Å². The molecule has 2 aromatic rings. The molecule has 0 aliphatic heterocycles. The van der Waals surface area contributed by atoms with Crippen LogP contribution in [0.15, 0.2) is 53.4 Å². The first-order valence-corrected chi connectivity index (χ1v) is 10.1. The minimum absolute atomic E-state index is 0.0735. The zero-order valence-electron chi connectivity index (χ0n) is 14.9. The molecule has 0 radical (unpaired) electrons. The summed E-state index contributed by atoms with van der Waals surface area (Å²) >= 11 is 0. The summed E-state index contributed by atoms with van der Waals surface area (Å²) in [5.74, 6) is -2.68. The Morgan fingerprint density at radius 1 is 1.07 bits per heavy atom. The van der Waals surface area contributed by atoms with Crippen LogP contribution in [0.3, 0.4) is 0 Å². The Hall–Kier alpha value is -2.32. The number of hydrogen-bond acceptors (Lipinski definition) is 3. The van der Waals surface area contributed by atoms with Crippen LogP contribution in [-0.2, 0) is 14.8 Å². The molecule has 0 saturated heterocycles. The second kappa shape index (κ2) is 9.57. The summed E-state index contributed by atoms with van der Waals surface area (Å²) in [4.78, 5) is 11.8. The van der Waals surface area contributed by atoms with Gasteiger partial charge in [-0.25, -0.2) is 21.9 Å². The molecule has 0 aromatic heterocycles. The molecule has 1 amide bonds. The van der Waals surface area contributed by atoms with Crippen molar-refractivity contribution < 1.29 is 22.0 Å². The van der Waals surface area contributed by atoms with Gasteiger partial charge in [0.1, 0.15) is 0 Å². The predicted octanol–water partition coefficient (Wildman–Crippen LogP) is 3.29. The topological polar surface area (TPSA) is 75.3 Å². The first-order chi connectivity index (χ1) is 12.8. The van der Waals surface area contributed by atoms with Crippen molar-refractivity contribution in [3.05, 3.63) is 65.7 Å². The van der Waals surface area contributed by atoms with E-state index in [1.165, 1.54) is 0 Å². The van der Waals surface area contributed by atoms with Crippen LogP contribution in [-0.4, -0.2) is 20.9 Å². The van der Waals surface area contributed by atoms with Crippen LogP contribution in [0.2, 0.25) is 0 Å². The maximum absolute atomic E-state index is 13.2. The van der Waals surface area contributed by atoms with E-state index in [9.17, 15) is 22.0 Å². The first-order valence-electron chi connectivity index (χ1n) is 8.62. The molecule has 8 heteroatoms. The van der Waals surface area contributed by atoms with Gasteiger partial charge in [0.25, 0.3) is 0 Å². The standard InChI is InChI=1S/C19H22F2N2O3S/c1-2-6-18(14-7-4-3-5-8-14)23-19(24)11-12-22-27(25,26)15-9-10-16(20)17(21)13-15/h3-5,7-10,13,18,22H,2,6,11-12H2,1H3,(H,23,24). The van der Waals surface area contributed by atoms with E-state index >= 15 is 0 Å². The zero-order valence-corrected chi connectivity index (χ0v) is 15.7. The molecule has 2 N–H and O–H groups in total. The summed E-state index contributed by atoms with van der Waals surface area (Å²) in [6.07, 6.45) is 1.56. The lowest BCUT2D eigenvalue weighted by molar-refractivity contribution is -0.121. The summed E-state index contributed by atoms with van der Waals surface area (Å²) in [6.45, 7) is 1.86. The van der Waals surface area contributed by atoms with Gasteiger partial charge in [-0.05, 0) is 30.2 Å². The number of hydrogen-bond donors (Lipinski definition) is 2. The highest BCUT2D eigenvalue weighted by Crippen LogP contribution is 2.18. The van der Waals surface area contributed by atoms with Crippen molar-refractivity contribution in [1.82, 2.24) is 10.0 Å². The minimum atomic E-state index is -4.02. The third-order valence-corrected chi connectivity index (χ3v) is 5.42. The van der Waals surface area contributed by atoms with Crippen molar-refractivity contribution in [2.24, 2.45) is 0 Å². The summed E-state index contributed by atoms with van der Waals surface area (Å²) in [5.41, 5.74) is 0.982. The van der Waals surface area contributed by atoms with Crippen molar-refractivity contribution in [3.8, 4) is 0 Å². The molecule has 27 heavy (non-hydrogen) atoms. The predicted molar refractivity (Wildman–Crippen MR) is 98.4 cm³/mol. The summed E-state index contributed by atoms with van der Waals surface area (Å²) in [6, 6.07) is 11.7. The zero-order chi connectivity index (χ0) is 19.9. The Labute approximate surface area is 157 Å². The monoisotopic (exact) mass is 396 g/mol. The maximum atomic E-state index is 13.2. The number of carbonyl (C=O) groups excluding carboxylic acids is 1. The molecule has 0 heterocycles. The van der Waals surface area contributed by atoms with Crippen LogP contribution >= 0.6 is 0 Å². The van der Waals surface area contributed by atoms with E-state index in [1.807, 2.05) is 37.3 Å². The molecular weight excluding hydrogens is 374 g/mol. The largest absolute Gasteiger partial charge is 0.349 e. The molecule has 0 spiro atoms. The molecule has 1 unspecified atom stereocenters. The number of halogens is 2. The van der Waals surface area contributed by atoms with E-state index in [-0.39, 0.29) is 24.9 Å². The van der Waals surface area contributed by atoms with Crippen molar-refractivity contribution in [1.29, 1.82) is 0 Å². The van der Waals surface area contributed by atoms with Crippen molar-refractivity contribution in [2.45, 2.75) is 37.1 Å². The molecule has 0 aliphatic carbocycles. The van der Waals surface area contributed by atoms with Gasteiger partial charge >= 0.3 is 0 Å². The third-order valence-electron chi connectivity index (χ3n) is 3.96. The summed E-state index contributed by atoms with van der Waals surface area (Å²) < 4.78 is 52.5. The lowest BCUT2D eigenvalue weighted by atomic mass is 10.0. The van der Waals surface area contributed by atoms with Crippen LogP contribution in [0.25, 0.3) is 0 Å². The highest BCUT2D eigenvalue weighted by Gasteiger charge is 2.18. The fraction of sp³-hybridized carbons (Fsp3) is 0.316. The maximum Gasteiger partial charge on any atom is 0.240 e. The van der Waals surface area contributed by atoms with Crippen LogP contribution in [0.5, 0.6) is 0 Å². The van der Waals surface area contributed by atoms with Gasteiger partial charge in [-0.3, -0.25) is 4.79 Å². The van der Waals surface area contributed by atoms with E-state index in [1.54, 1.807) is 0 Å². The van der Waals surface area contributed by atoms with Crippen LogP contribution in [0, 0.1) is 11.6 Å². The average Bonchev–Trinajstić information content (AvgIpc) is 2.64. The molecule has 5 nitrogen and oxygen atoms in total. The van der Waals surface area contributed by atoms with Crippen LogP contribution in [0.1, 0.15) is 37.8 Å². The second-order valence-corrected chi connectivity index (χ2v) is 7.81. The Balaban J connectivity index is 1.91. The molecule has 2 aromatic carbocycles. The minimum Gasteiger partial charge on any atom is -0.349 e. The van der Waals surface area contributed by atoms with Gasteiger partial charge in [0, 0.05) is 13.0 Å². The van der Waals surface area contributed by atoms with Gasteiger partial charge in [-0.15, -0.1) is 0 Å². The number of rotatable bonds is 9. The first kappa shape index (κ1) is 21.0. The highest BCUT2D eigenvalue weighted by molar-refractivity contribution is 7.89. The van der Waals surface area contributed by atoms with E-state index in [2.05, 4.69) is 10.0 Å². The number of benzene rings is 2. The van der Waals surface area contributed by atoms with Crippen molar-refractivity contribution in [2.75, 3.05) is 6.54 Å². The summed E-state index contributed by atoms with van der Waals surface area (Å²) in [7, 11) is -4.02. The molecule has 0 saturated carbocycles. The Kier molecular flexibility index (Phi) is 7.44. The molecule has 0 fully saturated rings. The highest BCUT2D eigenvalue weighted by atomic mass is 32.2. The van der Waals surface area contributed by atoms with E-state index in [4.69, 9.17) is 0 Å². The number of amides is 1. The van der Waals surface area contributed by atoms with E-state index in [0.717, 1.165) is 30.5 Å². The van der Waals surface area contributed by atoms with Gasteiger partial charge in [-0.1, -0.05) is 43.7 Å². The molecule has 0 aliphatic rings.